The maximum Gasteiger partial charge on any atom is 0.237 e. The average Bonchev–Trinajstić information content (AvgIpc) is 3.45. The molecule has 1 aromatic carbocycles. The molecule has 4 rings (SSSR count). The number of carbonyl (C=O) groups is 1. The Morgan fingerprint density at radius 2 is 1.77 bits per heavy atom. The summed E-state index contributed by atoms with van der Waals surface area (Å²) in [5.41, 5.74) is 6.83. The van der Waals surface area contributed by atoms with Crippen LogP contribution in [0.3, 0.4) is 0 Å². The van der Waals surface area contributed by atoms with Gasteiger partial charge in [-0.05, 0) is 56.4 Å². The van der Waals surface area contributed by atoms with Crippen LogP contribution in [0, 0.1) is 17.7 Å². The van der Waals surface area contributed by atoms with Gasteiger partial charge in [-0.1, -0.05) is 48.0 Å². The van der Waals surface area contributed by atoms with Gasteiger partial charge in [-0.3, -0.25) is 4.79 Å². The molecule has 1 saturated heterocycles. The highest BCUT2D eigenvalue weighted by molar-refractivity contribution is 5.80. The monoisotopic (exact) mass is 487 g/mol. The third-order valence-electron chi connectivity index (χ3n) is 6.84. The maximum absolute atomic E-state index is 13.5. The summed E-state index contributed by atoms with van der Waals surface area (Å²) in [5, 5.41) is 0. The number of rotatable bonds is 4. The van der Waals surface area contributed by atoms with Gasteiger partial charge in [0.05, 0.1) is 12.1 Å². The first-order valence-electron chi connectivity index (χ1n) is 13.2. The number of nitrogens with zero attached hydrogens (tertiary/aromatic N) is 4. The number of carbonyl (C=O) groups excluding carboxylic acids is 1. The number of aromatic nitrogens is 2. The fraction of sp³-hybridized carbons (Fsp3) is 0.643. The van der Waals surface area contributed by atoms with Crippen molar-refractivity contribution in [2.75, 3.05) is 31.1 Å². The van der Waals surface area contributed by atoms with E-state index in [1.807, 2.05) is 32.6 Å². The Labute approximate surface area is 211 Å². The summed E-state index contributed by atoms with van der Waals surface area (Å²) in [4.78, 5) is 21.6. The Balaban J connectivity index is 0.000000551. The van der Waals surface area contributed by atoms with Gasteiger partial charge in [0.2, 0.25) is 5.91 Å². The van der Waals surface area contributed by atoms with Crippen LogP contribution in [-0.4, -0.2) is 46.5 Å². The number of fused-ring (bicyclic) bond motifs is 1. The number of hydrogen-bond donors (Lipinski definition) is 1. The summed E-state index contributed by atoms with van der Waals surface area (Å²) >= 11 is 0. The number of nitrogens with two attached hydrogens (primary N) is 1. The van der Waals surface area contributed by atoms with Gasteiger partial charge in [0, 0.05) is 31.7 Å². The summed E-state index contributed by atoms with van der Waals surface area (Å²) < 4.78 is 15.7. The molecule has 0 bridgehead atoms. The summed E-state index contributed by atoms with van der Waals surface area (Å²) in [6.45, 7) is 20.2. The Morgan fingerprint density at radius 3 is 2.26 bits per heavy atom. The first kappa shape index (κ1) is 28.8. The van der Waals surface area contributed by atoms with Crippen molar-refractivity contribution in [3.63, 3.8) is 0 Å². The third kappa shape index (κ3) is 6.43. The lowest BCUT2D eigenvalue weighted by molar-refractivity contribution is -0.137. The minimum absolute atomic E-state index is 0.00848. The molecular formula is C28H46FN5O. The van der Waals surface area contributed by atoms with E-state index in [9.17, 15) is 9.18 Å². The predicted octanol–water partition coefficient (Wildman–Crippen LogP) is 5.65. The summed E-state index contributed by atoms with van der Waals surface area (Å²) in [6.07, 6.45) is 2.45. The maximum atomic E-state index is 13.5. The van der Waals surface area contributed by atoms with Gasteiger partial charge in [0.1, 0.15) is 23.2 Å². The van der Waals surface area contributed by atoms with Gasteiger partial charge in [-0.25, -0.2) is 9.37 Å². The number of benzene rings is 1. The van der Waals surface area contributed by atoms with Crippen LogP contribution < -0.4 is 10.6 Å². The van der Waals surface area contributed by atoms with Crippen molar-refractivity contribution in [3.8, 4) is 11.3 Å². The number of halogens is 1. The predicted molar refractivity (Wildman–Crippen MR) is 144 cm³/mol. The SMILES string of the molecule is CC.CC1CCN(c2c(-c3ccc(F)cc3)nc3n2CCN(C(=O)CN)C3(C)C)C1.CCC(C)C. The van der Waals surface area contributed by atoms with E-state index < -0.39 is 5.54 Å². The minimum atomic E-state index is -0.562. The first-order chi connectivity index (χ1) is 16.6. The van der Waals surface area contributed by atoms with E-state index in [2.05, 4.69) is 37.2 Å². The Bertz CT molecular complexity index is 951. The standard InChI is InChI=1S/C21H28FN5O.C5H12.C2H6/c1-14-8-9-25(13-14)19-18(15-4-6-16(22)7-5-15)24-20-21(2,3)27(17(28)12-23)11-10-26(19)20;1-4-5(2)3;1-2/h4-7,14H,8-13,23H2,1-3H3;5H,4H2,1-3H3;1-2H3. The van der Waals surface area contributed by atoms with E-state index in [-0.39, 0.29) is 18.3 Å². The van der Waals surface area contributed by atoms with Crippen LogP contribution in [0.2, 0.25) is 0 Å². The van der Waals surface area contributed by atoms with Gasteiger partial charge in [0.15, 0.2) is 0 Å². The molecule has 1 unspecified atom stereocenters. The van der Waals surface area contributed by atoms with Crippen molar-refractivity contribution in [2.24, 2.45) is 17.6 Å². The van der Waals surface area contributed by atoms with E-state index in [1.165, 1.54) is 18.6 Å². The molecule has 2 aliphatic heterocycles. The quantitative estimate of drug-likeness (QED) is 0.605. The lowest BCUT2D eigenvalue weighted by Crippen LogP contribution is -2.53. The fourth-order valence-corrected chi connectivity index (χ4v) is 4.52. The molecule has 2 aliphatic rings. The van der Waals surface area contributed by atoms with Crippen LogP contribution in [0.5, 0.6) is 0 Å². The zero-order chi connectivity index (χ0) is 26.3. The molecule has 0 radical (unpaired) electrons. The molecule has 1 aromatic heterocycles. The molecule has 35 heavy (non-hydrogen) atoms. The van der Waals surface area contributed by atoms with Crippen molar-refractivity contribution in [2.45, 2.75) is 80.3 Å². The van der Waals surface area contributed by atoms with Crippen molar-refractivity contribution >= 4 is 11.7 Å². The highest BCUT2D eigenvalue weighted by Gasteiger charge is 2.42. The molecule has 0 aliphatic carbocycles. The van der Waals surface area contributed by atoms with Gasteiger partial charge >= 0.3 is 0 Å². The molecule has 7 heteroatoms. The highest BCUT2D eigenvalue weighted by atomic mass is 19.1. The second-order valence-electron chi connectivity index (χ2n) is 10.2. The zero-order valence-electron chi connectivity index (χ0n) is 23.1. The molecule has 1 atom stereocenters. The Kier molecular flexibility index (Phi) is 10.3. The average molecular weight is 488 g/mol. The lowest BCUT2D eigenvalue weighted by atomic mass is 9.99. The molecule has 3 heterocycles. The summed E-state index contributed by atoms with van der Waals surface area (Å²) in [7, 11) is 0. The van der Waals surface area contributed by atoms with Crippen LogP contribution in [0.25, 0.3) is 11.3 Å². The van der Waals surface area contributed by atoms with Crippen LogP contribution in [0.1, 0.15) is 74.1 Å². The topological polar surface area (TPSA) is 67.4 Å². The van der Waals surface area contributed by atoms with E-state index in [4.69, 9.17) is 10.7 Å². The molecule has 1 fully saturated rings. The lowest BCUT2D eigenvalue weighted by Gasteiger charge is -2.42. The second-order valence-corrected chi connectivity index (χ2v) is 10.2. The largest absolute Gasteiger partial charge is 0.356 e. The molecule has 0 saturated carbocycles. The highest BCUT2D eigenvalue weighted by Crippen LogP contribution is 2.41. The molecule has 1 amide bonds. The van der Waals surface area contributed by atoms with Crippen LogP contribution in [0.4, 0.5) is 10.2 Å². The van der Waals surface area contributed by atoms with Gasteiger partial charge in [-0.2, -0.15) is 0 Å². The molecular weight excluding hydrogens is 441 g/mol. The Morgan fingerprint density at radius 1 is 1.17 bits per heavy atom. The van der Waals surface area contributed by atoms with Crippen LogP contribution in [0.15, 0.2) is 24.3 Å². The summed E-state index contributed by atoms with van der Waals surface area (Å²) in [5.74, 6) is 3.12. The molecule has 2 aromatic rings. The molecule has 2 N–H and O–H groups in total. The van der Waals surface area contributed by atoms with Gasteiger partial charge in [0.25, 0.3) is 0 Å². The van der Waals surface area contributed by atoms with Crippen LogP contribution in [-0.2, 0) is 16.9 Å². The normalized spacial score (nSPS) is 18.4. The minimum Gasteiger partial charge on any atom is -0.356 e. The summed E-state index contributed by atoms with van der Waals surface area (Å²) in [6, 6.07) is 6.50. The van der Waals surface area contributed by atoms with E-state index in [0.29, 0.717) is 19.0 Å². The van der Waals surface area contributed by atoms with Gasteiger partial charge < -0.3 is 20.1 Å². The van der Waals surface area contributed by atoms with Gasteiger partial charge in [-0.15, -0.1) is 0 Å². The second kappa shape index (κ2) is 12.5. The zero-order valence-corrected chi connectivity index (χ0v) is 23.1. The third-order valence-corrected chi connectivity index (χ3v) is 6.84. The van der Waals surface area contributed by atoms with Crippen molar-refractivity contribution in [3.05, 3.63) is 35.9 Å². The Hall–Kier alpha value is -2.41. The number of hydrogen-bond acceptors (Lipinski definition) is 4. The van der Waals surface area contributed by atoms with Crippen molar-refractivity contribution in [1.82, 2.24) is 14.5 Å². The first-order valence-corrected chi connectivity index (χ1v) is 13.2. The molecule has 6 nitrogen and oxygen atoms in total. The number of amides is 1. The van der Waals surface area contributed by atoms with Crippen molar-refractivity contribution in [1.29, 1.82) is 0 Å². The number of anilines is 1. The smallest absolute Gasteiger partial charge is 0.237 e. The fourth-order valence-electron chi connectivity index (χ4n) is 4.52. The molecule has 196 valence electrons. The van der Waals surface area contributed by atoms with Crippen LogP contribution >= 0.6 is 0 Å². The van der Waals surface area contributed by atoms with E-state index in [0.717, 1.165) is 48.3 Å². The van der Waals surface area contributed by atoms with Crippen molar-refractivity contribution < 1.29 is 9.18 Å². The van der Waals surface area contributed by atoms with E-state index >= 15 is 0 Å². The number of imidazole rings is 1. The molecule has 0 spiro atoms. The van der Waals surface area contributed by atoms with E-state index in [1.54, 1.807) is 12.1 Å².